The lowest BCUT2D eigenvalue weighted by Crippen LogP contribution is -1.80. The molecule has 0 aliphatic heterocycles. The van der Waals surface area contributed by atoms with Gasteiger partial charge in [0.1, 0.15) is 17.3 Å². The summed E-state index contributed by atoms with van der Waals surface area (Å²) in [5.41, 5.74) is 0. The summed E-state index contributed by atoms with van der Waals surface area (Å²) < 4.78 is 0. The molecule has 0 fully saturated rings. The van der Waals surface area contributed by atoms with Crippen LogP contribution in [0.5, 0.6) is 0 Å². The van der Waals surface area contributed by atoms with Gasteiger partial charge in [0.05, 0.1) is 0 Å². The molecule has 0 rings (SSSR count). The normalized spacial score (nSPS) is 6.00. The summed E-state index contributed by atoms with van der Waals surface area (Å²) >= 11 is 0. The quantitative estimate of drug-likeness (QED) is 0.638. The standard InChI is InChI=1S/2C4H8O.C3H6O.C3H8.3CH4/c2*1-3-4(2)5;1-3(2)4;1-3-2;;;/h2*3H2,1-2H3;1-2H3;3H2,1-2H3;3*1H4. The number of ketones is 3. The Bertz CT molecular complexity index is 167. The van der Waals surface area contributed by atoms with Crippen LogP contribution in [0.3, 0.4) is 0 Å². The Hall–Kier alpha value is -0.990. The second-order valence-corrected chi connectivity index (χ2v) is 3.73. The molecule has 0 bridgehead atoms. The number of carbonyl (C=O) groups excluding carboxylic acids is 3. The third-order valence-corrected chi connectivity index (χ3v) is 0.996. The van der Waals surface area contributed by atoms with Crippen LogP contribution in [0.15, 0.2) is 0 Å². The number of hydrogen-bond acceptors (Lipinski definition) is 3. The van der Waals surface area contributed by atoms with Crippen molar-refractivity contribution in [3.63, 3.8) is 0 Å². The molecule has 0 heterocycles. The molecule has 0 N–H and O–H groups in total. The fourth-order valence-electron chi connectivity index (χ4n) is 0. The van der Waals surface area contributed by atoms with Crippen LogP contribution in [0.25, 0.3) is 0 Å². The fourth-order valence-corrected chi connectivity index (χ4v) is 0. The Morgan fingerprint density at radius 2 is 0.650 bits per heavy atom. The molecule has 0 saturated heterocycles. The number of Topliss-reactive ketones (excluding diaryl/α,β-unsaturated/α-hetero) is 3. The SMILES string of the molecule is C.C.C.CC(C)=O.CCC.CCC(C)=O.CCC(C)=O. The molecular weight excluding hydrogens is 252 g/mol. The monoisotopic (exact) mass is 294 g/mol. The zero-order valence-corrected chi connectivity index (χ0v) is 12.8. The first-order valence-electron chi connectivity index (χ1n) is 6.15. The van der Waals surface area contributed by atoms with Crippen LogP contribution in [0.4, 0.5) is 0 Å². The van der Waals surface area contributed by atoms with Crippen molar-refractivity contribution in [3.8, 4) is 0 Å². The molecule has 0 aromatic heterocycles. The van der Waals surface area contributed by atoms with Crippen LogP contribution in [-0.4, -0.2) is 17.3 Å². The first kappa shape index (κ1) is 42.7. The summed E-state index contributed by atoms with van der Waals surface area (Å²) in [4.78, 5) is 29.1. The van der Waals surface area contributed by atoms with Gasteiger partial charge in [0.15, 0.2) is 0 Å². The minimum atomic E-state index is 0. The molecule has 3 nitrogen and oxygen atoms in total. The van der Waals surface area contributed by atoms with Crippen molar-refractivity contribution in [1.82, 2.24) is 0 Å². The third kappa shape index (κ3) is 481. The van der Waals surface area contributed by atoms with Crippen molar-refractivity contribution in [2.24, 2.45) is 0 Å². The van der Waals surface area contributed by atoms with E-state index >= 15 is 0 Å². The average molecular weight is 295 g/mol. The minimum Gasteiger partial charge on any atom is -0.300 e. The maximum absolute atomic E-state index is 9.81. The van der Waals surface area contributed by atoms with E-state index in [1.165, 1.54) is 20.3 Å². The van der Waals surface area contributed by atoms with Crippen LogP contribution < -0.4 is 0 Å². The highest BCUT2D eigenvalue weighted by molar-refractivity contribution is 5.75. The number of carbonyl (C=O) groups is 3. The van der Waals surface area contributed by atoms with E-state index in [0.717, 1.165) is 0 Å². The molecule has 0 aliphatic rings. The molecule has 0 unspecified atom stereocenters. The number of hydrogen-bond donors (Lipinski definition) is 0. The highest BCUT2D eigenvalue weighted by atomic mass is 16.1. The van der Waals surface area contributed by atoms with Crippen molar-refractivity contribution >= 4 is 17.3 Å². The molecule has 0 radical (unpaired) electrons. The minimum absolute atomic E-state index is 0. The fraction of sp³-hybridized carbons (Fsp3) is 0.824. The lowest BCUT2D eigenvalue weighted by molar-refractivity contribution is -0.117. The van der Waals surface area contributed by atoms with Gasteiger partial charge in [-0.25, -0.2) is 0 Å². The summed E-state index contributed by atoms with van der Waals surface area (Å²) in [5.74, 6) is 0.676. The van der Waals surface area contributed by atoms with Crippen molar-refractivity contribution < 1.29 is 14.4 Å². The summed E-state index contributed by atoms with van der Waals surface area (Å²) in [5, 5.41) is 0. The lowest BCUT2D eigenvalue weighted by Gasteiger charge is -1.71. The molecule has 3 heteroatoms. The molecule has 0 aliphatic carbocycles. The maximum atomic E-state index is 9.81. The third-order valence-electron chi connectivity index (χ3n) is 0.996. The van der Waals surface area contributed by atoms with Gasteiger partial charge in [0.25, 0.3) is 0 Å². The topological polar surface area (TPSA) is 51.2 Å². The van der Waals surface area contributed by atoms with E-state index in [2.05, 4.69) is 13.8 Å². The smallest absolute Gasteiger partial charge is 0.129 e. The molecule has 0 aromatic rings. The molecule has 128 valence electrons. The molecular formula is C17H42O3. The zero-order chi connectivity index (χ0) is 14.9. The molecule has 0 spiro atoms. The van der Waals surface area contributed by atoms with Gasteiger partial charge in [-0.2, -0.15) is 0 Å². The van der Waals surface area contributed by atoms with Gasteiger partial charge in [-0.05, 0) is 27.7 Å². The van der Waals surface area contributed by atoms with Gasteiger partial charge < -0.3 is 14.4 Å². The predicted molar refractivity (Wildman–Crippen MR) is 94.5 cm³/mol. The Morgan fingerprint density at radius 3 is 0.650 bits per heavy atom. The van der Waals surface area contributed by atoms with Gasteiger partial charge in [0, 0.05) is 12.8 Å². The van der Waals surface area contributed by atoms with Gasteiger partial charge >= 0.3 is 0 Å². The van der Waals surface area contributed by atoms with Gasteiger partial charge in [-0.3, -0.25) is 0 Å². The van der Waals surface area contributed by atoms with Gasteiger partial charge in [-0.1, -0.05) is 56.4 Å². The average Bonchev–Trinajstić information content (AvgIpc) is 2.19. The highest BCUT2D eigenvalue weighted by Gasteiger charge is 1.77. The first-order chi connectivity index (χ1) is 7.69. The summed E-state index contributed by atoms with van der Waals surface area (Å²) in [7, 11) is 0. The Balaban J connectivity index is -0.0000000218. The van der Waals surface area contributed by atoms with E-state index in [9.17, 15) is 14.4 Å². The molecule has 0 atom stereocenters. The lowest BCUT2D eigenvalue weighted by atomic mass is 10.4. The van der Waals surface area contributed by atoms with E-state index in [-0.39, 0.29) is 39.6 Å². The Kier molecular flexibility index (Phi) is 91.9. The van der Waals surface area contributed by atoms with E-state index < -0.39 is 0 Å². The van der Waals surface area contributed by atoms with E-state index in [4.69, 9.17) is 0 Å². The first-order valence-corrected chi connectivity index (χ1v) is 6.15. The Morgan fingerprint density at radius 1 is 0.600 bits per heavy atom. The Labute approximate surface area is 129 Å². The predicted octanol–water partition coefficient (Wildman–Crippen LogP) is 5.89. The van der Waals surface area contributed by atoms with Crippen molar-refractivity contribution in [2.75, 3.05) is 0 Å². The number of rotatable bonds is 2. The molecule has 0 amide bonds. The highest BCUT2D eigenvalue weighted by Crippen LogP contribution is 1.72. The second kappa shape index (κ2) is 43.0. The van der Waals surface area contributed by atoms with Crippen LogP contribution in [0.2, 0.25) is 0 Å². The van der Waals surface area contributed by atoms with E-state index in [1.807, 2.05) is 13.8 Å². The molecule has 20 heavy (non-hydrogen) atoms. The van der Waals surface area contributed by atoms with Crippen LogP contribution in [0.1, 0.15) is 96.9 Å². The summed E-state index contributed by atoms with van der Waals surface area (Å²) in [6.45, 7) is 14.2. The van der Waals surface area contributed by atoms with Crippen molar-refractivity contribution in [3.05, 3.63) is 0 Å². The summed E-state index contributed by atoms with van der Waals surface area (Å²) in [6, 6.07) is 0. The van der Waals surface area contributed by atoms with Crippen molar-refractivity contribution in [1.29, 1.82) is 0 Å². The van der Waals surface area contributed by atoms with Crippen molar-refractivity contribution in [2.45, 2.75) is 96.9 Å². The van der Waals surface area contributed by atoms with Crippen LogP contribution in [0, 0.1) is 0 Å². The molecule has 0 aromatic carbocycles. The van der Waals surface area contributed by atoms with E-state index in [0.29, 0.717) is 12.8 Å². The maximum Gasteiger partial charge on any atom is 0.129 e. The van der Waals surface area contributed by atoms with E-state index in [1.54, 1.807) is 13.8 Å². The summed E-state index contributed by atoms with van der Waals surface area (Å²) in [6.07, 6.45) is 2.58. The molecule has 0 saturated carbocycles. The largest absolute Gasteiger partial charge is 0.300 e. The van der Waals surface area contributed by atoms with Crippen LogP contribution >= 0.6 is 0 Å². The van der Waals surface area contributed by atoms with Gasteiger partial charge in [-0.15, -0.1) is 0 Å². The second-order valence-electron chi connectivity index (χ2n) is 3.73. The van der Waals surface area contributed by atoms with Gasteiger partial charge in [0.2, 0.25) is 0 Å². The van der Waals surface area contributed by atoms with Crippen LogP contribution in [-0.2, 0) is 14.4 Å². The zero-order valence-electron chi connectivity index (χ0n) is 12.8.